The molecule has 0 saturated carbocycles. The maximum absolute atomic E-state index is 13.3. The lowest BCUT2D eigenvalue weighted by molar-refractivity contribution is -0.117. The summed E-state index contributed by atoms with van der Waals surface area (Å²) in [4.78, 5) is 29.1. The van der Waals surface area contributed by atoms with E-state index in [1.54, 1.807) is 9.80 Å². The zero-order chi connectivity index (χ0) is 21.6. The second kappa shape index (κ2) is 9.47. The molecule has 1 N–H and O–H groups in total. The van der Waals surface area contributed by atoms with Gasteiger partial charge in [0.05, 0.1) is 24.5 Å². The zero-order valence-corrected chi connectivity index (χ0v) is 17.8. The van der Waals surface area contributed by atoms with E-state index in [1.165, 1.54) is 0 Å². The first-order valence-electron chi connectivity index (χ1n) is 10.7. The van der Waals surface area contributed by atoms with Gasteiger partial charge in [0.25, 0.3) is 0 Å². The van der Waals surface area contributed by atoms with Gasteiger partial charge in [-0.15, -0.1) is 0 Å². The molecule has 5 nitrogen and oxygen atoms in total. The fourth-order valence-corrected chi connectivity index (χ4v) is 3.91. The Morgan fingerprint density at radius 1 is 1.00 bits per heavy atom. The number of benzene rings is 3. The van der Waals surface area contributed by atoms with Crippen molar-refractivity contribution < 1.29 is 9.59 Å². The van der Waals surface area contributed by atoms with Crippen molar-refractivity contribution in [2.45, 2.75) is 26.3 Å². The summed E-state index contributed by atoms with van der Waals surface area (Å²) in [5, 5.41) is 3.28. The molecule has 2 amide bonds. The van der Waals surface area contributed by atoms with Crippen molar-refractivity contribution in [1.29, 1.82) is 0 Å². The van der Waals surface area contributed by atoms with Crippen LogP contribution in [0.3, 0.4) is 0 Å². The van der Waals surface area contributed by atoms with Crippen LogP contribution in [0.15, 0.2) is 78.9 Å². The molecule has 3 aromatic rings. The Balaban J connectivity index is 1.54. The molecule has 1 fully saturated rings. The molecule has 0 aromatic heterocycles. The number of carbonyl (C=O) groups is 2. The van der Waals surface area contributed by atoms with Crippen LogP contribution in [0.5, 0.6) is 0 Å². The minimum Gasteiger partial charge on any atom is -0.374 e. The molecule has 0 spiro atoms. The molecular weight excluding hydrogens is 386 g/mol. The molecule has 0 radical (unpaired) electrons. The number of nitrogens with zero attached hydrogens (tertiary/aromatic N) is 2. The molecular formula is C26H27N3O2. The smallest absolute Gasteiger partial charge is 0.246 e. The Morgan fingerprint density at radius 3 is 2.52 bits per heavy atom. The Bertz CT molecular complexity index is 1070. The maximum atomic E-state index is 13.3. The first kappa shape index (κ1) is 20.7. The lowest BCUT2D eigenvalue weighted by Gasteiger charge is -2.25. The van der Waals surface area contributed by atoms with Crippen molar-refractivity contribution >= 4 is 28.9 Å². The molecule has 4 rings (SSSR count). The van der Waals surface area contributed by atoms with Crippen LogP contribution in [-0.2, 0) is 16.1 Å². The summed E-state index contributed by atoms with van der Waals surface area (Å²) in [5.74, 6) is 0.100. The van der Waals surface area contributed by atoms with Crippen LogP contribution in [0.4, 0.5) is 17.1 Å². The molecule has 1 aliphatic rings. The topological polar surface area (TPSA) is 52.7 Å². The molecule has 5 heteroatoms. The second-order valence-electron chi connectivity index (χ2n) is 7.82. The lowest BCUT2D eigenvalue weighted by atomic mass is 10.1. The third-order valence-electron chi connectivity index (χ3n) is 5.50. The van der Waals surface area contributed by atoms with Gasteiger partial charge in [-0.25, -0.2) is 0 Å². The zero-order valence-electron chi connectivity index (χ0n) is 17.8. The van der Waals surface area contributed by atoms with E-state index < -0.39 is 0 Å². The third-order valence-corrected chi connectivity index (χ3v) is 5.50. The second-order valence-corrected chi connectivity index (χ2v) is 7.82. The Kier molecular flexibility index (Phi) is 6.32. The third kappa shape index (κ3) is 4.94. The Hall–Kier alpha value is -3.60. The summed E-state index contributed by atoms with van der Waals surface area (Å²) in [7, 11) is 0. The van der Waals surface area contributed by atoms with Gasteiger partial charge < -0.3 is 15.1 Å². The number of para-hydroxylation sites is 2. The van der Waals surface area contributed by atoms with Gasteiger partial charge in [0.2, 0.25) is 11.8 Å². The minimum atomic E-state index is -0.0306. The highest BCUT2D eigenvalue weighted by atomic mass is 16.2. The number of nitrogens with one attached hydrogen (secondary N) is 1. The van der Waals surface area contributed by atoms with Crippen LogP contribution in [0.25, 0.3) is 0 Å². The van der Waals surface area contributed by atoms with E-state index in [2.05, 4.69) is 5.32 Å². The SMILES string of the molecule is Cc1cccc(N(Cc2ccccc2)C(=O)CNc2ccccc2N2CCCC2=O)c1. The number of rotatable bonds is 7. The first-order valence-corrected chi connectivity index (χ1v) is 10.7. The van der Waals surface area contributed by atoms with Gasteiger partial charge in [0.1, 0.15) is 0 Å². The predicted molar refractivity (Wildman–Crippen MR) is 125 cm³/mol. The van der Waals surface area contributed by atoms with Crippen LogP contribution in [0.2, 0.25) is 0 Å². The van der Waals surface area contributed by atoms with Gasteiger partial charge in [-0.05, 0) is 48.7 Å². The van der Waals surface area contributed by atoms with Crippen molar-refractivity contribution in [3.05, 3.63) is 90.0 Å². The molecule has 158 valence electrons. The fraction of sp³-hybridized carbons (Fsp3) is 0.231. The van der Waals surface area contributed by atoms with Crippen molar-refractivity contribution in [2.75, 3.05) is 28.2 Å². The highest BCUT2D eigenvalue weighted by molar-refractivity contribution is 6.00. The highest BCUT2D eigenvalue weighted by Gasteiger charge is 2.24. The standard InChI is InChI=1S/C26H27N3O2/c1-20-9-7-12-22(17-20)29(19-21-10-3-2-4-11-21)26(31)18-27-23-13-5-6-14-24(23)28-16-8-15-25(28)30/h2-7,9-14,17,27H,8,15-16,18-19H2,1H3. The summed E-state index contributed by atoms with van der Waals surface area (Å²) < 4.78 is 0. The van der Waals surface area contributed by atoms with Crippen LogP contribution < -0.4 is 15.1 Å². The van der Waals surface area contributed by atoms with E-state index in [1.807, 2.05) is 85.8 Å². The number of aryl methyl sites for hydroxylation is 1. The fourth-order valence-electron chi connectivity index (χ4n) is 3.91. The van der Waals surface area contributed by atoms with Crippen LogP contribution in [0.1, 0.15) is 24.0 Å². The van der Waals surface area contributed by atoms with Gasteiger partial charge in [-0.1, -0.05) is 54.6 Å². The average molecular weight is 414 g/mol. The molecule has 1 heterocycles. The molecule has 0 bridgehead atoms. The van der Waals surface area contributed by atoms with Crippen molar-refractivity contribution in [3.8, 4) is 0 Å². The minimum absolute atomic E-state index is 0.0306. The van der Waals surface area contributed by atoms with E-state index in [-0.39, 0.29) is 18.4 Å². The number of hydrogen-bond acceptors (Lipinski definition) is 3. The molecule has 31 heavy (non-hydrogen) atoms. The lowest BCUT2D eigenvalue weighted by Crippen LogP contribution is -2.35. The van der Waals surface area contributed by atoms with Crippen molar-refractivity contribution in [2.24, 2.45) is 0 Å². The normalized spacial score (nSPS) is 13.3. The highest BCUT2D eigenvalue weighted by Crippen LogP contribution is 2.29. The van der Waals surface area contributed by atoms with E-state index in [9.17, 15) is 9.59 Å². The first-order chi connectivity index (χ1) is 15.1. The van der Waals surface area contributed by atoms with Crippen molar-refractivity contribution in [3.63, 3.8) is 0 Å². The summed E-state index contributed by atoms with van der Waals surface area (Å²) in [6.07, 6.45) is 1.44. The van der Waals surface area contributed by atoms with E-state index >= 15 is 0 Å². The predicted octanol–water partition coefficient (Wildman–Crippen LogP) is 4.77. The van der Waals surface area contributed by atoms with Gasteiger partial charge in [-0.2, -0.15) is 0 Å². The maximum Gasteiger partial charge on any atom is 0.246 e. The summed E-state index contributed by atoms with van der Waals surface area (Å²) in [6, 6.07) is 25.7. The molecule has 0 unspecified atom stereocenters. The molecule has 1 saturated heterocycles. The van der Waals surface area contributed by atoms with Crippen molar-refractivity contribution in [1.82, 2.24) is 0 Å². The van der Waals surface area contributed by atoms with Crippen LogP contribution in [0, 0.1) is 6.92 Å². The Morgan fingerprint density at radius 2 is 1.77 bits per heavy atom. The molecule has 3 aromatic carbocycles. The van der Waals surface area contributed by atoms with Gasteiger partial charge in [0.15, 0.2) is 0 Å². The molecule has 0 aliphatic carbocycles. The number of hydrogen-bond donors (Lipinski definition) is 1. The van der Waals surface area contributed by atoms with E-state index in [0.717, 1.165) is 41.2 Å². The summed E-state index contributed by atoms with van der Waals surface area (Å²) >= 11 is 0. The van der Waals surface area contributed by atoms with E-state index in [4.69, 9.17) is 0 Å². The molecule has 0 atom stereocenters. The monoisotopic (exact) mass is 413 g/mol. The summed E-state index contributed by atoms with van der Waals surface area (Å²) in [5.41, 5.74) is 4.69. The summed E-state index contributed by atoms with van der Waals surface area (Å²) in [6.45, 7) is 3.38. The van der Waals surface area contributed by atoms with Gasteiger partial charge >= 0.3 is 0 Å². The molecule has 1 aliphatic heterocycles. The number of amides is 2. The van der Waals surface area contributed by atoms with Gasteiger partial charge in [0, 0.05) is 18.7 Å². The quantitative estimate of drug-likeness (QED) is 0.607. The van der Waals surface area contributed by atoms with Gasteiger partial charge in [-0.3, -0.25) is 9.59 Å². The average Bonchev–Trinajstić information content (AvgIpc) is 3.22. The van der Waals surface area contributed by atoms with Crippen LogP contribution in [-0.4, -0.2) is 24.9 Å². The largest absolute Gasteiger partial charge is 0.374 e. The van der Waals surface area contributed by atoms with Crippen LogP contribution >= 0.6 is 0 Å². The van der Waals surface area contributed by atoms with E-state index in [0.29, 0.717) is 13.0 Å². The number of anilines is 3. The Labute approximate surface area is 183 Å². The number of carbonyl (C=O) groups excluding carboxylic acids is 2.